The average Bonchev–Trinajstić information content (AvgIpc) is 2.34. The number of rotatable bonds is 5. The highest BCUT2D eigenvalue weighted by Gasteiger charge is 2.02. The molecule has 84 valence electrons. The quantitative estimate of drug-likeness (QED) is 0.731. The molecule has 1 aromatic carbocycles. The molecular formula is C12H15N3O. The zero-order valence-electron chi connectivity index (χ0n) is 9.29. The topological polar surface area (TPSA) is 64.9 Å². The molecule has 16 heavy (non-hydrogen) atoms. The first-order valence-electron chi connectivity index (χ1n) is 5.23. The van der Waals surface area contributed by atoms with Gasteiger partial charge in [0.1, 0.15) is 6.54 Å². The second-order valence-corrected chi connectivity index (χ2v) is 3.30. The third-order valence-electron chi connectivity index (χ3n) is 2.20. The summed E-state index contributed by atoms with van der Waals surface area (Å²) in [6.07, 6.45) is 0.920. The van der Waals surface area contributed by atoms with E-state index >= 15 is 0 Å². The molecule has 0 saturated heterocycles. The van der Waals surface area contributed by atoms with E-state index in [-0.39, 0.29) is 19.0 Å². The van der Waals surface area contributed by atoms with Crippen molar-refractivity contribution < 1.29 is 4.79 Å². The van der Waals surface area contributed by atoms with Crippen LogP contribution in [0.25, 0.3) is 0 Å². The van der Waals surface area contributed by atoms with E-state index in [9.17, 15) is 4.79 Å². The van der Waals surface area contributed by atoms with Crippen molar-refractivity contribution in [1.82, 2.24) is 5.32 Å². The highest BCUT2D eigenvalue weighted by Crippen LogP contribution is 2.14. The summed E-state index contributed by atoms with van der Waals surface area (Å²) in [4.78, 5) is 11.3. The van der Waals surface area contributed by atoms with Crippen molar-refractivity contribution in [3.8, 4) is 6.07 Å². The minimum atomic E-state index is -0.174. The molecule has 0 bridgehead atoms. The molecule has 2 N–H and O–H groups in total. The fourth-order valence-corrected chi connectivity index (χ4v) is 1.38. The number of hydrogen-bond donors (Lipinski definition) is 2. The maximum absolute atomic E-state index is 11.3. The van der Waals surface area contributed by atoms with Crippen molar-refractivity contribution in [2.45, 2.75) is 13.3 Å². The normalized spacial score (nSPS) is 9.25. The van der Waals surface area contributed by atoms with Gasteiger partial charge in [0, 0.05) is 5.69 Å². The van der Waals surface area contributed by atoms with E-state index in [0.717, 1.165) is 12.1 Å². The van der Waals surface area contributed by atoms with Gasteiger partial charge in [-0.05, 0) is 18.1 Å². The van der Waals surface area contributed by atoms with E-state index in [2.05, 4.69) is 17.6 Å². The minimum absolute atomic E-state index is 0.0515. The summed E-state index contributed by atoms with van der Waals surface area (Å²) in [7, 11) is 0. The van der Waals surface area contributed by atoms with Crippen LogP contribution < -0.4 is 10.6 Å². The van der Waals surface area contributed by atoms with Gasteiger partial charge in [0.2, 0.25) is 5.91 Å². The Kier molecular flexibility index (Phi) is 4.87. The number of anilines is 1. The number of benzene rings is 1. The number of nitrogens with one attached hydrogen (secondary N) is 2. The summed E-state index contributed by atoms with van der Waals surface area (Å²) < 4.78 is 0. The molecule has 0 spiro atoms. The predicted octanol–water partition coefficient (Wildman–Crippen LogP) is 1.30. The number of nitriles is 1. The molecule has 0 aliphatic heterocycles. The largest absolute Gasteiger partial charge is 0.376 e. The number of nitrogens with zero attached hydrogens (tertiary/aromatic N) is 1. The Balaban J connectivity index is 2.48. The third-order valence-corrected chi connectivity index (χ3v) is 2.20. The fourth-order valence-electron chi connectivity index (χ4n) is 1.38. The SMILES string of the molecule is CCc1ccccc1NCC(=O)NCC#N. The molecule has 0 aliphatic carbocycles. The van der Waals surface area contributed by atoms with Gasteiger partial charge in [-0.2, -0.15) is 5.26 Å². The highest BCUT2D eigenvalue weighted by molar-refractivity contribution is 5.81. The van der Waals surface area contributed by atoms with Crippen LogP contribution >= 0.6 is 0 Å². The summed E-state index contributed by atoms with van der Waals surface area (Å²) in [5.74, 6) is -0.174. The molecule has 1 amide bonds. The first-order chi connectivity index (χ1) is 7.77. The predicted molar refractivity (Wildman–Crippen MR) is 62.9 cm³/mol. The van der Waals surface area contributed by atoms with E-state index < -0.39 is 0 Å². The maximum atomic E-state index is 11.3. The van der Waals surface area contributed by atoms with Crippen molar-refractivity contribution in [1.29, 1.82) is 5.26 Å². The van der Waals surface area contributed by atoms with Crippen LogP contribution in [0.4, 0.5) is 5.69 Å². The van der Waals surface area contributed by atoms with Crippen LogP contribution in [0.15, 0.2) is 24.3 Å². The monoisotopic (exact) mass is 217 g/mol. The number of aryl methyl sites for hydroxylation is 1. The molecule has 0 unspecified atom stereocenters. The molecule has 4 heteroatoms. The number of hydrogen-bond acceptors (Lipinski definition) is 3. The molecule has 1 rings (SSSR count). The average molecular weight is 217 g/mol. The lowest BCUT2D eigenvalue weighted by Crippen LogP contribution is -2.30. The number of para-hydroxylation sites is 1. The number of carbonyl (C=O) groups excluding carboxylic acids is 1. The second-order valence-electron chi connectivity index (χ2n) is 3.30. The molecule has 0 saturated carbocycles. The number of carbonyl (C=O) groups is 1. The Hall–Kier alpha value is -2.02. The van der Waals surface area contributed by atoms with E-state index in [4.69, 9.17) is 5.26 Å². The summed E-state index contributed by atoms with van der Waals surface area (Å²) in [6.45, 7) is 2.31. The molecule has 0 aromatic heterocycles. The van der Waals surface area contributed by atoms with Gasteiger partial charge < -0.3 is 10.6 Å². The molecule has 1 aromatic rings. The molecule has 0 heterocycles. The standard InChI is InChI=1S/C12H15N3O/c1-2-10-5-3-4-6-11(10)15-9-12(16)14-8-7-13/h3-6,15H,2,8-9H2,1H3,(H,14,16). The van der Waals surface area contributed by atoms with Crippen LogP contribution in [-0.2, 0) is 11.2 Å². The zero-order valence-corrected chi connectivity index (χ0v) is 9.29. The second kappa shape index (κ2) is 6.46. The van der Waals surface area contributed by atoms with Crippen molar-refractivity contribution in [2.24, 2.45) is 0 Å². The van der Waals surface area contributed by atoms with Gasteiger partial charge in [-0.25, -0.2) is 0 Å². The van der Waals surface area contributed by atoms with E-state index in [1.165, 1.54) is 5.56 Å². The molecular weight excluding hydrogens is 202 g/mol. The molecule has 0 aliphatic rings. The van der Waals surface area contributed by atoms with Crippen molar-refractivity contribution in [2.75, 3.05) is 18.4 Å². The van der Waals surface area contributed by atoms with E-state index in [1.54, 1.807) is 0 Å². The van der Waals surface area contributed by atoms with Crippen molar-refractivity contribution >= 4 is 11.6 Å². The summed E-state index contributed by atoms with van der Waals surface area (Å²) in [6, 6.07) is 9.72. The molecule has 0 atom stereocenters. The first kappa shape index (κ1) is 12.1. The van der Waals surface area contributed by atoms with Gasteiger partial charge in [-0.1, -0.05) is 25.1 Å². The van der Waals surface area contributed by atoms with Crippen LogP contribution in [0.5, 0.6) is 0 Å². The first-order valence-corrected chi connectivity index (χ1v) is 5.23. The third kappa shape index (κ3) is 3.62. The highest BCUT2D eigenvalue weighted by atomic mass is 16.1. The Labute approximate surface area is 95.3 Å². The summed E-state index contributed by atoms with van der Waals surface area (Å²) >= 11 is 0. The van der Waals surface area contributed by atoms with Crippen molar-refractivity contribution in [3.05, 3.63) is 29.8 Å². The van der Waals surface area contributed by atoms with Gasteiger partial charge in [0.15, 0.2) is 0 Å². The van der Waals surface area contributed by atoms with Crippen LogP contribution in [0.2, 0.25) is 0 Å². The molecule has 4 nitrogen and oxygen atoms in total. The Morgan fingerprint density at radius 1 is 1.44 bits per heavy atom. The minimum Gasteiger partial charge on any atom is -0.376 e. The maximum Gasteiger partial charge on any atom is 0.240 e. The summed E-state index contributed by atoms with van der Waals surface area (Å²) in [5.41, 5.74) is 2.15. The van der Waals surface area contributed by atoms with Crippen molar-refractivity contribution in [3.63, 3.8) is 0 Å². The van der Waals surface area contributed by atoms with E-state index in [0.29, 0.717) is 0 Å². The van der Waals surface area contributed by atoms with Gasteiger partial charge in [-0.15, -0.1) is 0 Å². The fraction of sp³-hybridized carbons (Fsp3) is 0.333. The lowest BCUT2D eigenvalue weighted by molar-refractivity contribution is -0.119. The number of amides is 1. The van der Waals surface area contributed by atoms with Gasteiger partial charge in [0.25, 0.3) is 0 Å². The summed E-state index contributed by atoms with van der Waals surface area (Å²) in [5, 5.41) is 13.8. The Bertz CT molecular complexity index is 395. The van der Waals surface area contributed by atoms with E-state index in [1.807, 2.05) is 30.3 Å². The van der Waals surface area contributed by atoms with Crippen LogP contribution in [0, 0.1) is 11.3 Å². The van der Waals surface area contributed by atoms with Crippen LogP contribution in [-0.4, -0.2) is 19.0 Å². The lowest BCUT2D eigenvalue weighted by Gasteiger charge is -2.09. The Morgan fingerprint density at radius 2 is 2.19 bits per heavy atom. The Morgan fingerprint density at radius 3 is 2.88 bits per heavy atom. The van der Waals surface area contributed by atoms with Crippen LogP contribution in [0.3, 0.4) is 0 Å². The van der Waals surface area contributed by atoms with Gasteiger partial charge in [-0.3, -0.25) is 4.79 Å². The van der Waals surface area contributed by atoms with Gasteiger partial charge in [0.05, 0.1) is 12.6 Å². The zero-order chi connectivity index (χ0) is 11.8. The van der Waals surface area contributed by atoms with Crippen LogP contribution in [0.1, 0.15) is 12.5 Å². The lowest BCUT2D eigenvalue weighted by atomic mass is 10.1. The molecule has 0 fully saturated rings. The smallest absolute Gasteiger partial charge is 0.240 e. The molecule has 0 radical (unpaired) electrons. The van der Waals surface area contributed by atoms with Gasteiger partial charge >= 0.3 is 0 Å².